The summed E-state index contributed by atoms with van der Waals surface area (Å²) in [5.41, 5.74) is 0. The zero-order chi connectivity index (χ0) is 11.6. The van der Waals surface area contributed by atoms with Crippen molar-refractivity contribution in [2.45, 2.75) is 6.92 Å². The first-order valence-electron chi connectivity index (χ1n) is 3.67. The van der Waals surface area contributed by atoms with Crippen molar-refractivity contribution >= 4 is 13.8 Å². The molecule has 0 unspecified atom stereocenters. The van der Waals surface area contributed by atoms with Crippen LogP contribution in [-0.4, -0.2) is 31.9 Å². The summed E-state index contributed by atoms with van der Waals surface area (Å²) in [5, 5.41) is 7.60. The number of carbonyl (C=O) groups is 1. The van der Waals surface area contributed by atoms with Gasteiger partial charge in [-0.1, -0.05) is 6.58 Å². The van der Waals surface area contributed by atoms with Crippen LogP contribution < -0.4 is 0 Å². The van der Waals surface area contributed by atoms with Gasteiger partial charge in [-0.25, -0.2) is 9.36 Å². The summed E-state index contributed by atoms with van der Waals surface area (Å²) in [6, 6.07) is 0. The van der Waals surface area contributed by atoms with Crippen LogP contribution >= 0.6 is 7.82 Å². The second-order valence-corrected chi connectivity index (χ2v) is 3.66. The van der Waals surface area contributed by atoms with Gasteiger partial charge in [0.05, 0.1) is 6.61 Å². The van der Waals surface area contributed by atoms with Crippen LogP contribution in [0.2, 0.25) is 0 Å². The van der Waals surface area contributed by atoms with Crippen LogP contribution in [0.5, 0.6) is 0 Å². The third-order valence-corrected chi connectivity index (χ3v) is 2.38. The SMILES string of the molecule is C=CC(=O)O.CCOP(=O)(OC)OC. The molecule has 0 aliphatic rings. The van der Waals surface area contributed by atoms with Gasteiger partial charge in [0.2, 0.25) is 0 Å². The predicted molar refractivity (Wildman–Crippen MR) is 51.1 cm³/mol. The van der Waals surface area contributed by atoms with E-state index in [0.29, 0.717) is 6.61 Å². The van der Waals surface area contributed by atoms with Crippen molar-refractivity contribution < 1.29 is 28.0 Å². The van der Waals surface area contributed by atoms with Gasteiger partial charge in [0.25, 0.3) is 0 Å². The molecule has 7 heteroatoms. The number of aliphatic carboxylic acids is 1. The summed E-state index contributed by atoms with van der Waals surface area (Å²) >= 11 is 0. The van der Waals surface area contributed by atoms with Crippen LogP contribution in [0.25, 0.3) is 0 Å². The van der Waals surface area contributed by atoms with E-state index in [1.54, 1.807) is 6.92 Å². The van der Waals surface area contributed by atoms with E-state index in [0.717, 1.165) is 6.08 Å². The molecule has 0 bridgehead atoms. The van der Waals surface area contributed by atoms with Gasteiger partial charge in [0, 0.05) is 20.3 Å². The summed E-state index contributed by atoms with van der Waals surface area (Å²) < 4.78 is 24.4. The quantitative estimate of drug-likeness (QED) is 0.567. The molecule has 0 aliphatic heterocycles. The smallest absolute Gasteiger partial charge is 0.474 e. The molecule has 84 valence electrons. The Kier molecular flexibility index (Phi) is 10.0. The van der Waals surface area contributed by atoms with E-state index in [1.807, 2.05) is 0 Å². The topological polar surface area (TPSA) is 82.1 Å². The first kappa shape index (κ1) is 15.8. The van der Waals surface area contributed by atoms with Gasteiger partial charge >= 0.3 is 13.8 Å². The summed E-state index contributed by atoms with van der Waals surface area (Å²) in [6.07, 6.45) is 0.833. The molecule has 0 aromatic carbocycles. The molecule has 0 radical (unpaired) electrons. The van der Waals surface area contributed by atoms with E-state index < -0.39 is 13.8 Å². The van der Waals surface area contributed by atoms with Crippen molar-refractivity contribution in [3.8, 4) is 0 Å². The van der Waals surface area contributed by atoms with Crippen molar-refractivity contribution in [2.24, 2.45) is 0 Å². The largest absolute Gasteiger partial charge is 0.478 e. The lowest BCUT2D eigenvalue weighted by Gasteiger charge is -2.10. The Bertz CT molecular complexity index is 206. The molecule has 0 fully saturated rings. The second-order valence-electron chi connectivity index (χ2n) is 1.77. The number of rotatable bonds is 5. The fourth-order valence-electron chi connectivity index (χ4n) is 0.338. The molecule has 14 heavy (non-hydrogen) atoms. The number of phosphoric acid groups is 1. The van der Waals surface area contributed by atoms with Gasteiger partial charge in [0.1, 0.15) is 0 Å². The maximum Gasteiger partial charge on any atom is 0.474 e. The predicted octanol–water partition coefficient (Wildman–Crippen LogP) is 1.68. The molecule has 6 nitrogen and oxygen atoms in total. The van der Waals surface area contributed by atoms with Crippen LogP contribution in [0.15, 0.2) is 12.7 Å². The molecule has 0 aromatic heterocycles. The lowest BCUT2D eigenvalue weighted by atomic mass is 10.7. The van der Waals surface area contributed by atoms with E-state index in [4.69, 9.17) is 5.11 Å². The highest BCUT2D eigenvalue weighted by Gasteiger charge is 2.20. The average Bonchev–Trinajstić information content (AvgIpc) is 2.19. The lowest BCUT2D eigenvalue weighted by Crippen LogP contribution is -1.93. The highest BCUT2D eigenvalue weighted by molar-refractivity contribution is 7.48. The molecule has 0 aliphatic carbocycles. The van der Waals surface area contributed by atoms with Gasteiger partial charge in [-0.15, -0.1) is 0 Å². The van der Waals surface area contributed by atoms with Gasteiger partial charge in [0.15, 0.2) is 0 Å². The molecule has 0 spiro atoms. The fraction of sp³-hybridized carbons (Fsp3) is 0.571. The molecule has 0 saturated carbocycles. The highest BCUT2D eigenvalue weighted by Crippen LogP contribution is 2.47. The van der Waals surface area contributed by atoms with Crippen LogP contribution in [0.4, 0.5) is 0 Å². The van der Waals surface area contributed by atoms with Gasteiger partial charge in [-0.3, -0.25) is 13.6 Å². The van der Waals surface area contributed by atoms with E-state index in [9.17, 15) is 9.36 Å². The molecule has 0 aromatic rings. The number of carboxylic acid groups (broad SMARTS) is 1. The Morgan fingerprint density at radius 2 is 1.86 bits per heavy atom. The monoisotopic (exact) mass is 226 g/mol. The Hall–Kier alpha value is -0.680. The van der Waals surface area contributed by atoms with Crippen LogP contribution in [0.1, 0.15) is 6.92 Å². The molecule has 0 saturated heterocycles. The van der Waals surface area contributed by atoms with Gasteiger partial charge in [-0.2, -0.15) is 0 Å². The Morgan fingerprint density at radius 1 is 1.50 bits per heavy atom. The number of carboxylic acids is 1. The molecule has 0 heterocycles. The average molecular weight is 226 g/mol. The zero-order valence-corrected chi connectivity index (χ0v) is 9.32. The van der Waals surface area contributed by atoms with Crippen LogP contribution in [-0.2, 0) is 22.9 Å². The standard InChI is InChI=1S/C4H11O4P.C3H4O2/c1-4-8-9(5,6-2)7-3;1-2-3(4)5/h4H2,1-3H3;2H,1H2,(H,4,5). The minimum atomic E-state index is -3.18. The maximum absolute atomic E-state index is 10.9. The van der Waals surface area contributed by atoms with E-state index >= 15 is 0 Å². The number of hydrogen-bond donors (Lipinski definition) is 1. The van der Waals surface area contributed by atoms with Crippen molar-refractivity contribution in [3.05, 3.63) is 12.7 Å². The normalized spacial score (nSPS) is 9.93. The number of hydrogen-bond acceptors (Lipinski definition) is 5. The molecular formula is C7H15O6P. The fourth-order valence-corrected chi connectivity index (χ4v) is 1.01. The number of phosphoric ester groups is 1. The summed E-state index contributed by atoms with van der Waals surface area (Å²) in [6.45, 7) is 4.99. The third kappa shape index (κ3) is 9.41. The Balaban J connectivity index is 0. The molecule has 0 atom stereocenters. The van der Waals surface area contributed by atoms with Crippen LogP contribution in [0, 0.1) is 0 Å². The van der Waals surface area contributed by atoms with E-state index in [-0.39, 0.29) is 0 Å². The summed E-state index contributed by atoms with van der Waals surface area (Å²) in [4.78, 5) is 9.25. The maximum atomic E-state index is 10.9. The first-order chi connectivity index (χ1) is 6.45. The van der Waals surface area contributed by atoms with Crippen molar-refractivity contribution in [3.63, 3.8) is 0 Å². The van der Waals surface area contributed by atoms with Crippen molar-refractivity contribution in [1.82, 2.24) is 0 Å². The minimum Gasteiger partial charge on any atom is -0.478 e. The van der Waals surface area contributed by atoms with Gasteiger partial charge < -0.3 is 5.11 Å². The zero-order valence-electron chi connectivity index (χ0n) is 8.43. The molecular weight excluding hydrogens is 211 g/mol. The first-order valence-corrected chi connectivity index (χ1v) is 5.13. The third-order valence-electron chi connectivity index (χ3n) is 0.909. The van der Waals surface area contributed by atoms with E-state index in [2.05, 4.69) is 20.2 Å². The molecule has 0 rings (SSSR count). The molecule has 1 N–H and O–H groups in total. The summed E-state index contributed by atoms with van der Waals surface area (Å²) in [5.74, 6) is -0.981. The van der Waals surface area contributed by atoms with E-state index in [1.165, 1.54) is 14.2 Å². The molecule has 0 amide bonds. The minimum absolute atomic E-state index is 0.318. The Labute approximate surface area is 83.1 Å². The van der Waals surface area contributed by atoms with Gasteiger partial charge in [-0.05, 0) is 6.92 Å². The van der Waals surface area contributed by atoms with Crippen LogP contribution in [0.3, 0.4) is 0 Å². The Morgan fingerprint density at radius 3 is 1.93 bits per heavy atom. The summed E-state index contributed by atoms with van der Waals surface area (Å²) in [7, 11) is -0.626. The lowest BCUT2D eigenvalue weighted by molar-refractivity contribution is -0.131. The van der Waals surface area contributed by atoms with Crippen molar-refractivity contribution in [1.29, 1.82) is 0 Å². The second kappa shape index (κ2) is 8.90. The van der Waals surface area contributed by atoms with Crippen molar-refractivity contribution in [2.75, 3.05) is 20.8 Å². The highest BCUT2D eigenvalue weighted by atomic mass is 31.2.